The summed E-state index contributed by atoms with van der Waals surface area (Å²) in [5.41, 5.74) is 0.398. The average molecular weight is 199 g/mol. The van der Waals surface area contributed by atoms with E-state index in [2.05, 4.69) is 33.0 Å². The summed E-state index contributed by atoms with van der Waals surface area (Å²) in [6, 6.07) is 0.544. The van der Waals surface area contributed by atoms with Crippen LogP contribution in [0.1, 0.15) is 47.0 Å². The topological polar surface area (TPSA) is 21.3 Å². The van der Waals surface area contributed by atoms with Crippen LogP contribution >= 0.6 is 0 Å². The smallest absolute Gasteiger partial charge is 0.0733 e. The summed E-state index contributed by atoms with van der Waals surface area (Å²) in [5, 5.41) is 3.63. The molecule has 0 aromatic heterocycles. The van der Waals surface area contributed by atoms with Gasteiger partial charge >= 0.3 is 0 Å². The van der Waals surface area contributed by atoms with E-state index in [9.17, 15) is 0 Å². The monoisotopic (exact) mass is 199 g/mol. The van der Waals surface area contributed by atoms with Crippen molar-refractivity contribution in [2.24, 2.45) is 5.41 Å². The summed E-state index contributed by atoms with van der Waals surface area (Å²) in [5.74, 6) is 0. The zero-order chi connectivity index (χ0) is 10.6. The molecule has 2 nitrogen and oxygen atoms in total. The SMILES string of the molecule is CCCNC1C(OCC)CCC1(C)C. The first-order valence-electron chi connectivity index (χ1n) is 5.96. The zero-order valence-corrected chi connectivity index (χ0v) is 10.1. The van der Waals surface area contributed by atoms with Crippen LogP contribution in [0.25, 0.3) is 0 Å². The van der Waals surface area contributed by atoms with Crippen molar-refractivity contribution < 1.29 is 4.74 Å². The summed E-state index contributed by atoms with van der Waals surface area (Å²) >= 11 is 0. The fraction of sp³-hybridized carbons (Fsp3) is 1.00. The Morgan fingerprint density at radius 2 is 2.07 bits per heavy atom. The van der Waals surface area contributed by atoms with Crippen molar-refractivity contribution in [3.63, 3.8) is 0 Å². The first kappa shape index (κ1) is 12.0. The van der Waals surface area contributed by atoms with E-state index in [1.807, 2.05) is 0 Å². The van der Waals surface area contributed by atoms with Crippen molar-refractivity contribution in [2.45, 2.75) is 59.1 Å². The van der Waals surface area contributed by atoms with E-state index < -0.39 is 0 Å². The van der Waals surface area contributed by atoms with Gasteiger partial charge in [0.1, 0.15) is 0 Å². The highest BCUT2D eigenvalue weighted by Crippen LogP contribution is 2.38. The van der Waals surface area contributed by atoms with E-state index in [-0.39, 0.29) is 0 Å². The molecule has 84 valence electrons. The third kappa shape index (κ3) is 2.71. The van der Waals surface area contributed by atoms with Crippen LogP contribution in [0.4, 0.5) is 0 Å². The van der Waals surface area contributed by atoms with Crippen LogP contribution in [-0.4, -0.2) is 25.3 Å². The number of hydrogen-bond acceptors (Lipinski definition) is 2. The van der Waals surface area contributed by atoms with E-state index in [4.69, 9.17) is 4.74 Å². The van der Waals surface area contributed by atoms with Crippen molar-refractivity contribution in [3.05, 3.63) is 0 Å². The molecule has 1 aliphatic rings. The number of ether oxygens (including phenoxy) is 1. The Kier molecular flexibility index (Phi) is 4.39. The molecule has 0 spiro atoms. The second-order valence-electron chi connectivity index (χ2n) is 4.95. The minimum absolute atomic E-state index is 0.398. The van der Waals surface area contributed by atoms with Crippen molar-refractivity contribution in [1.29, 1.82) is 0 Å². The molecule has 0 heterocycles. The first-order chi connectivity index (χ1) is 6.61. The molecule has 2 atom stereocenters. The van der Waals surface area contributed by atoms with E-state index in [0.29, 0.717) is 17.6 Å². The van der Waals surface area contributed by atoms with Gasteiger partial charge in [-0.25, -0.2) is 0 Å². The normalized spacial score (nSPS) is 30.9. The molecule has 0 saturated heterocycles. The molecule has 0 aromatic carbocycles. The molecule has 1 rings (SSSR count). The lowest BCUT2D eigenvalue weighted by atomic mass is 9.87. The summed E-state index contributed by atoms with van der Waals surface area (Å²) in [6.07, 6.45) is 4.12. The quantitative estimate of drug-likeness (QED) is 0.735. The van der Waals surface area contributed by atoms with Gasteiger partial charge in [-0.1, -0.05) is 20.8 Å². The van der Waals surface area contributed by atoms with Gasteiger partial charge in [0, 0.05) is 12.6 Å². The maximum Gasteiger partial charge on any atom is 0.0733 e. The predicted molar refractivity (Wildman–Crippen MR) is 60.5 cm³/mol. The average Bonchev–Trinajstić information content (AvgIpc) is 2.40. The number of nitrogens with one attached hydrogen (secondary N) is 1. The minimum Gasteiger partial charge on any atom is -0.377 e. The van der Waals surface area contributed by atoms with E-state index in [0.717, 1.165) is 13.2 Å². The molecule has 0 bridgehead atoms. The fourth-order valence-electron chi connectivity index (χ4n) is 2.44. The van der Waals surface area contributed by atoms with Gasteiger partial charge in [0.15, 0.2) is 0 Å². The summed E-state index contributed by atoms with van der Waals surface area (Å²) in [6.45, 7) is 10.9. The van der Waals surface area contributed by atoms with Gasteiger partial charge in [-0.3, -0.25) is 0 Å². The Bertz CT molecular complexity index is 168. The fourth-order valence-corrected chi connectivity index (χ4v) is 2.44. The standard InChI is InChI=1S/C12H25NO/c1-5-9-13-11-10(14-6-2)7-8-12(11,3)4/h10-11,13H,5-9H2,1-4H3. The molecule has 1 fully saturated rings. The summed E-state index contributed by atoms with van der Waals surface area (Å²) < 4.78 is 5.79. The Balaban J connectivity index is 2.52. The van der Waals surface area contributed by atoms with Crippen molar-refractivity contribution in [3.8, 4) is 0 Å². The van der Waals surface area contributed by atoms with E-state index >= 15 is 0 Å². The third-order valence-electron chi connectivity index (χ3n) is 3.28. The van der Waals surface area contributed by atoms with Gasteiger partial charge in [0.2, 0.25) is 0 Å². The van der Waals surface area contributed by atoms with Gasteiger partial charge in [-0.15, -0.1) is 0 Å². The van der Waals surface area contributed by atoms with Crippen molar-refractivity contribution in [2.75, 3.05) is 13.2 Å². The molecule has 2 heteroatoms. The Hall–Kier alpha value is -0.0800. The Morgan fingerprint density at radius 1 is 1.36 bits per heavy atom. The summed E-state index contributed by atoms with van der Waals surface area (Å²) in [7, 11) is 0. The third-order valence-corrected chi connectivity index (χ3v) is 3.28. The summed E-state index contributed by atoms with van der Waals surface area (Å²) in [4.78, 5) is 0. The molecule has 2 unspecified atom stereocenters. The van der Waals surface area contributed by atoms with Crippen LogP contribution in [0.2, 0.25) is 0 Å². The lowest BCUT2D eigenvalue weighted by molar-refractivity contribution is 0.0347. The largest absolute Gasteiger partial charge is 0.377 e. The van der Waals surface area contributed by atoms with Crippen LogP contribution in [-0.2, 0) is 4.74 Å². The Labute approximate surface area is 88.4 Å². The molecule has 1 N–H and O–H groups in total. The van der Waals surface area contributed by atoms with Crippen LogP contribution < -0.4 is 5.32 Å². The second kappa shape index (κ2) is 5.13. The lowest BCUT2D eigenvalue weighted by Crippen LogP contribution is -2.45. The van der Waals surface area contributed by atoms with Gasteiger partial charge in [-0.2, -0.15) is 0 Å². The van der Waals surface area contributed by atoms with E-state index in [1.54, 1.807) is 0 Å². The van der Waals surface area contributed by atoms with Gasteiger partial charge in [0.25, 0.3) is 0 Å². The van der Waals surface area contributed by atoms with Crippen molar-refractivity contribution in [1.82, 2.24) is 5.32 Å². The molecule has 14 heavy (non-hydrogen) atoms. The minimum atomic E-state index is 0.398. The van der Waals surface area contributed by atoms with Gasteiger partial charge in [0.05, 0.1) is 6.10 Å². The highest BCUT2D eigenvalue weighted by Gasteiger charge is 2.41. The molecule has 1 aliphatic carbocycles. The number of rotatable bonds is 5. The molecule has 1 saturated carbocycles. The maximum atomic E-state index is 5.79. The van der Waals surface area contributed by atoms with Crippen LogP contribution in [0, 0.1) is 5.41 Å². The number of hydrogen-bond donors (Lipinski definition) is 1. The van der Waals surface area contributed by atoms with Gasteiger partial charge < -0.3 is 10.1 Å². The van der Waals surface area contributed by atoms with Crippen LogP contribution in [0.3, 0.4) is 0 Å². The second-order valence-corrected chi connectivity index (χ2v) is 4.95. The molecule has 0 aromatic rings. The molecular formula is C12H25NO. The zero-order valence-electron chi connectivity index (χ0n) is 10.1. The van der Waals surface area contributed by atoms with E-state index in [1.165, 1.54) is 19.3 Å². The van der Waals surface area contributed by atoms with Gasteiger partial charge in [-0.05, 0) is 38.1 Å². The highest BCUT2D eigenvalue weighted by molar-refractivity contribution is 4.97. The molecule has 0 aliphatic heterocycles. The molecule has 0 amide bonds. The van der Waals surface area contributed by atoms with Crippen molar-refractivity contribution >= 4 is 0 Å². The Morgan fingerprint density at radius 3 is 2.64 bits per heavy atom. The van der Waals surface area contributed by atoms with Crippen LogP contribution in [0.15, 0.2) is 0 Å². The van der Waals surface area contributed by atoms with Crippen LogP contribution in [0.5, 0.6) is 0 Å². The lowest BCUT2D eigenvalue weighted by Gasteiger charge is -2.31. The maximum absolute atomic E-state index is 5.79. The first-order valence-corrected chi connectivity index (χ1v) is 5.96. The molecule has 0 radical (unpaired) electrons. The highest BCUT2D eigenvalue weighted by atomic mass is 16.5. The predicted octanol–water partition coefficient (Wildman–Crippen LogP) is 2.58. The molecular weight excluding hydrogens is 174 g/mol.